The number of fused-ring (bicyclic) bond motifs is 1. The first-order valence-electron chi connectivity index (χ1n) is 10.2. The first kappa shape index (κ1) is 17.0. The maximum absolute atomic E-state index is 5.81. The van der Waals surface area contributed by atoms with E-state index in [9.17, 15) is 0 Å². The van der Waals surface area contributed by atoms with E-state index in [0.717, 1.165) is 38.3 Å². The summed E-state index contributed by atoms with van der Waals surface area (Å²) >= 11 is 0. The summed E-state index contributed by atoms with van der Waals surface area (Å²) in [7, 11) is 0. The van der Waals surface area contributed by atoms with Gasteiger partial charge in [-0.05, 0) is 50.8 Å². The molecule has 0 radical (unpaired) electrons. The zero-order valence-corrected chi connectivity index (χ0v) is 16.0. The second kappa shape index (κ2) is 6.80. The maximum Gasteiger partial charge on any atom is 0.134 e. The van der Waals surface area contributed by atoms with Crippen molar-refractivity contribution in [2.45, 2.75) is 51.9 Å². The minimum Gasteiger partial charge on any atom is -0.464 e. The summed E-state index contributed by atoms with van der Waals surface area (Å²) in [5.41, 5.74) is 2.78. The van der Waals surface area contributed by atoms with Crippen LogP contribution in [0.15, 0.2) is 47.3 Å². The fraction of sp³-hybridized carbons (Fsp3) is 0.500. The molecule has 2 aromatic heterocycles. The molecule has 1 aliphatic carbocycles. The molecule has 0 amide bonds. The highest BCUT2D eigenvalue weighted by molar-refractivity contribution is 5.80. The van der Waals surface area contributed by atoms with Gasteiger partial charge in [-0.3, -0.25) is 4.90 Å². The van der Waals surface area contributed by atoms with Crippen molar-refractivity contribution in [1.29, 1.82) is 0 Å². The van der Waals surface area contributed by atoms with Gasteiger partial charge in [0.2, 0.25) is 0 Å². The molecule has 5 rings (SSSR count). The van der Waals surface area contributed by atoms with Gasteiger partial charge in [0.05, 0.1) is 12.8 Å². The van der Waals surface area contributed by atoms with Crippen molar-refractivity contribution >= 4 is 11.0 Å². The summed E-state index contributed by atoms with van der Waals surface area (Å²) in [5, 5.41) is 4.76. The molecule has 2 fully saturated rings. The van der Waals surface area contributed by atoms with Crippen molar-refractivity contribution < 1.29 is 4.42 Å². The summed E-state index contributed by atoms with van der Waals surface area (Å²) < 4.78 is 8.07. The number of imidazole rings is 1. The van der Waals surface area contributed by atoms with Crippen LogP contribution in [-0.4, -0.2) is 33.6 Å². The summed E-state index contributed by atoms with van der Waals surface area (Å²) in [5.74, 6) is 1.17. The van der Waals surface area contributed by atoms with E-state index in [1.54, 1.807) is 0 Å². The van der Waals surface area contributed by atoms with Crippen LogP contribution in [0, 0.1) is 5.41 Å². The number of piperidine rings is 1. The Bertz CT molecular complexity index is 921. The van der Waals surface area contributed by atoms with Crippen LogP contribution in [-0.2, 0) is 19.6 Å². The van der Waals surface area contributed by atoms with E-state index in [-0.39, 0.29) is 0 Å². The standard InChI is InChI=1S/C22H28N4O/c1-2-25-12-11-24-21(25)15-26(20-13-22(20)7-9-23-10-8-22)14-17-16-27-19-6-4-3-5-18(17)19/h3-6,11-12,16,20,23H,2,7-10,13-15H2,1H3/t20-/m0/s1. The highest BCUT2D eigenvalue weighted by Crippen LogP contribution is 2.56. The molecular formula is C22H28N4O. The Morgan fingerprint density at radius 2 is 2.11 bits per heavy atom. The monoisotopic (exact) mass is 364 g/mol. The third kappa shape index (κ3) is 3.09. The van der Waals surface area contributed by atoms with Gasteiger partial charge in [0.25, 0.3) is 0 Å². The third-order valence-corrected chi connectivity index (χ3v) is 6.61. The van der Waals surface area contributed by atoms with E-state index in [2.05, 4.69) is 51.1 Å². The Hall–Kier alpha value is -2.11. The lowest BCUT2D eigenvalue weighted by Gasteiger charge is -2.29. The zero-order chi connectivity index (χ0) is 18.3. The molecule has 3 heterocycles. The molecule has 1 N–H and O–H groups in total. The molecule has 1 aromatic carbocycles. The predicted octanol–water partition coefficient (Wildman–Crippen LogP) is 3.79. The van der Waals surface area contributed by atoms with Crippen LogP contribution in [0.1, 0.15) is 37.6 Å². The molecule has 1 aliphatic heterocycles. The second-order valence-electron chi connectivity index (χ2n) is 8.12. The fourth-order valence-corrected chi connectivity index (χ4v) is 4.92. The number of nitrogens with one attached hydrogen (secondary N) is 1. The molecule has 5 heteroatoms. The van der Waals surface area contributed by atoms with Crippen LogP contribution < -0.4 is 5.32 Å². The normalized spacial score (nSPS) is 21.3. The van der Waals surface area contributed by atoms with E-state index in [4.69, 9.17) is 4.42 Å². The topological polar surface area (TPSA) is 46.2 Å². The molecule has 5 nitrogen and oxygen atoms in total. The average Bonchev–Trinajstić information content (AvgIpc) is 3.06. The van der Waals surface area contributed by atoms with Gasteiger partial charge in [0.1, 0.15) is 11.4 Å². The van der Waals surface area contributed by atoms with Crippen molar-refractivity contribution in [3.05, 3.63) is 54.3 Å². The smallest absolute Gasteiger partial charge is 0.134 e. The van der Waals surface area contributed by atoms with Crippen molar-refractivity contribution in [3.63, 3.8) is 0 Å². The van der Waals surface area contributed by atoms with Crippen molar-refractivity contribution in [2.75, 3.05) is 13.1 Å². The van der Waals surface area contributed by atoms with Gasteiger partial charge < -0.3 is 14.3 Å². The van der Waals surface area contributed by atoms with Crippen molar-refractivity contribution in [2.24, 2.45) is 5.41 Å². The van der Waals surface area contributed by atoms with E-state index >= 15 is 0 Å². The minimum atomic E-state index is 0.508. The van der Waals surface area contributed by atoms with Crippen molar-refractivity contribution in [3.8, 4) is 0 Å². The number of hydrogen-bond donors (Lipinski definition) is 1. The molecule has 2 aliphatic rings. The third-order valence-electron chi connectivity index (χ3n) is 6.61. The molecule has 1 spiro atoms. The van der Waals surface area contributed by atoms with Gasteiger partial charge in [-0.15, -0.1) is 0 Å². The van der Waals surface area contributed by atoms with E-state index in [1.165, 1.54) is 36.0 Å². The number of para-hydroxylation sites is 1. The number of aromatic nitrogens is 2. The molecule has 27 heavy (non-hydrogen) atoms. The number of rotatable bonds is 6. The summed E-state index contributed by atoms with van der Waals surface area (Å²) in [6, 6.07) is 9.01. The molecule has 1 saturated heterocycles. The minimum absolute atomic E-state index is 0.508. The lowest BCUT2D eigenvalue weighted by atomic mass is 9.93. The molecule has 1 atom stereocenters. The lowest BCUT2D eigenvalue weighted by Crippen LogP contribution is -2.36. The van der Waals surface area contributed by atoms with Gasteiger partial charge in [-0.25, -0.2) is 4.98 Å². The largest absolute Gasteiger partial charge is 0.464 e. The SMILES string of the molecule is CCn1ccnc1CN(Cc1coc2ccccc12)[C@H]1CC12CCNCC2. The van der Waals surface area contributed by atoms with Crippen LogP contribution in [0.2, 0.25) is 0 Å². The second-order valence-corrected chi connectivity index (χ2v) is 8.12. The molecule has 0 bridgehead atoms. The van der Waals surface area contributed by atoms with Gasteiger partial charge in [-0.1, -0.05) is 18.2 Å². The van der Waals surface area contributed by atoms with Crippen LogP contribution in [0.5, 0.6) is 0 Å². The number of benzene rings is 1. The van der Waals surface area contributed by atoms with Gasteiger partial charge in [0, 0.05) is 42.5 Å². The van der Waals surface area contributed by atoms with Gasteiger partial charge in [0.15, 0.2) is 0 Å². The molecule has 3 aromatic rings. The Morgan fingerprint density at radius 3 is 2.96 bits per heavy atom. The highest BCUT2D eigenvalue weighted by Gasteiger charge is 2.56. The van der Waals surface area contributed by atoms with E-state index < -0.39 is 0 Å². The number of nitrogens with zero attached hydrogens (tertiary/aromatic N) is 3. The molecule has 0 unspecified atom stereocenters. The molecular weight excluding hydrogens is 336 g/mol. The number of hydrogen-bond acceptors (Lipinski definition) is 4. The Morgan fingerprint density at radius 1 is 1.26 bits per heavy atom. The van der Waals surface area contributed by atoms with Crippen molar-refractivity contribution in [1.82, 2.24) is 19.8 Å². The van der Waals surface area contributed by atoms with E-state index in [0.29, 0.717) is 11.5 Å². The van der Waals surface area contributed by atoms with Crippen LogP contribution in [0.4, 0.5) is 0 Å². The summed E-state index contributed by atoms with van der Waals surface area (Å²) in [6.07, 6.45) is 9.87. The Labute approximate surface area is 160 Å². The van der Waals surface area contributed by atoms with Gasteiger partial charge >= 0.3 is 0 Å². The van der Waals surface area contributed by atoms with Crippen LogP contribution >= 0.6 is 0 Å². The van der Waals surface area contributed by atoms with Gasteiger partial charge in [-0.2, -0.15) is 0 Å². The van der Waals surface area contributed by atoms with Crippen LogP contribution in [0.25, 0.3) is 11.0 Å². The Kier molecular flexibility index (Phi) is 4.29. The summed E-state index contributed by atoms with van der Waals surface area (Å²) in [6.45, 7) is 7.29. The zero-order valence-electron chi connectivity index (χ0n) is 16.0. The quantitative estimate of drug-likeness (QED) is 0.723. The maximum atomic E-state index is 5.81. The Balaban J connectivity index is 1.43. The predicted molar refractivity (Wildman–Crippen MR) is 106 cm³/mol. The average molecular weight is 364 g/mol. The fourth-order valence-electron chi connectivity index (χ4n) is 4.92. The van der Waals surface area contributed by atoms with Crippen LogP contribution in [0.3, 0.4) is 0 Å². The number of aryl methyl sites for hydroxylation is 1. The summed E-state index contributed by atoms with van der Waals surface area (Å²) in [4.78, 5) is 7.30. The first-order chi connectivity index (χ1) is 13.3. The van der Waals surface area contributed by atoms with E-state index in [1.807, 2.05) is 18.5 Å². The number of furan rings is 1. The highest BCUT2D eigenvalue weighted by atomic mass is 16.3. The lowest BCUT2D eigenvalue weighted by molar-refractivity contribution is 0.182. The molecule has 1 saturated carbocycles. The molecule has 142 valence electrons. The first-order valence-corrected chi connectivity index (χ1v) is 10.2.